The van der Waals surface area contributed by atoms with Crippen LogP contribution in [0.2, 0.25) is 0 Å². The fourth-order valence-electron chi connectivity index (χ4n) is 2.74. The van der Waals surface area contributed by atoms with Gasteiger partial charge in [-0.3, -0.25) is 14.5 Å². The maximum atomic E-state index is 12.8. The molecule has 2 rings (SSSR count). The van der Waals surface area contributed by atoms with Gasteiger partial charge in [-0.1, -0.05) is 0 Å². The number of aliphatic carboxylic acids is 1. The number of rotatable bonds is 3. The number of pyridine rings is 1. The number of carboxylic acid groups (broad SMARTS) is 1. The van der Waals surface area contributed by atoms with Gasteiger partial charge in [-0.2, -0.15) is 13.2 Å². The van der Waals surface area contributed by atoms with Crippen LogP contribution in [0.1, 0.15) is 35.7 Å². The first-order chi connectivity index (χ1) is 9.70. The molecule has 0 aromatic carbocycles. The van der Waals surface area contributed by atoms with Crippen LogP contribution < -0.4 is 5.56 Å². The molecule has 2 N–H and O–H groups in total. The van der Waals surface area contributed by atoms with Crippen molar-refractivity contribution in [1.82, 2.24) is 9.88 Å². The number of halogens is 3. The molecule has 1 unspecified atom stereocenters. The number of carbonyl (C=O) groups is 1. The zero-order chi connectivity index (χ0) is 15.8. The van der Waals surface area contributed by atoms with Gasteiger partial charge in [-0.05, 0) is 37.9 Å². The van der Waals surface area contributed by atoms with Gasteiger partial charge in [0.25, 0.3) is 5.56 Å². The van der Waals surface area contributed by atoms with E-state index < -0.39 is 29.3 Å². The van der Waals surface area contributed by atoms with E-state index in [4.69, 9.17) is 5.11 Å². The molecule has 0 spiro atoms. The molecule has 2 heterocycles. The molecule has 116 valence electrons. The molecule has 1 fully saturated rings. The summed E-state index contributed by atoms with van der Waals surface area (Å²) in [7, 11) is 0. The first kappa shape index (κ1) is 15.6. The predicted molar refractivity (Wildman–Crippen MR) is 68.0 cm³/mol. The van der Waals surface area contributed by atoms with E-state index in [0.717, 1.165) is 6.07 Å². The molecule has 21 heavy (non-hydrogen) atoms. The summed E-state index contributed by atoms with van der Waals surface area (Å²) in [5.41, 5.74) is -1.74. The van der Waals surface area contributed by atoms with E-state index in [0.29, 0.717) is 30.6 Å². The molecule has 8 heteroatoms. The number of aryl methyl sites for hydroxylation is 1. The average molecular weight is 304 g/mol. The van der Waals surface area contributed by atoms with Crippen molar-refractivity contribution in [3.8, 4) is 0 Å². The second kappa shape index (κ2) is 5.51. The van der Waals surface area contributed by atoms with Gasteiger partial charge in [0.2, 0.25) is 0 Å². The van der Waals surface area contributed by atoms with Gasteiger partial charge < -0.3 is 10.1 Å². The highest BCUT2D eigenvalue weighted by molar-refractivity contribution is 5.69. The third kappa shape index (κ3) is 3.26. The highest BCUT2D eigenvalue weighted by Gasteiger charge is 2.36. The van der Waals surface area contributed by atoms with Crippen molar-refractivity contribution in [2.24, 2.45) is 0 Å². The third-order valence-corrected chi connectivity index (χ3v) is 3.64. The van der Waals surface area contributed by atoms with Crippen LogP contribution in [0.15, 0.2) is 10.9 Å². The Morgan fingerprint density at radius 3 is 2.76 bits per heavy atom. The quantitative estimate of drug-likeness (QED) is 0.895. The minimum atomic E-state index is -4.73. The van der Waals surface area contributed by atoms with E-state index in [1.54, 1.807) is 4.90 Å². The van der Waals surface area contributed by atoms with Crippen molar-refractivity contribution in [2.75, 3.05) is 13.1 Å². The van der Waals surface area contributed by atoms with E-state index in [1.165, 1.54) is 6.92 Å². The molecule has 5 nitrogen and oxygen atoms in total. The Kier molecular flexibility index (Phi) is 4.08. The molecule has 0 aliphatic carbocycles. The number of H-pyrrole nitrogens is 1. The van der Waals surface area contributed by atoms with Gasteiger partial charge in [-0.25, -0.2) is 0 Å². The van der Waals surface area contributed by atoms with Crippen LogP contribution in [0.25, 0.3) is 0 Å². The van der Waals surface area contributed by atoms with Gasteiger partial charge >= 0.3 is 12.1 Å². The van der Waals surface area contributed by atoms with Gasteiger partial charge in [0.15, 0.2) is 0 Å². The summed E-state index contributed by atoms with van der Waals surface area (Å²) in [4.78, 5) is 26.1. The van der Waals surface area contributed by atoms with Gasteiger partial charge in [0.05, 0.1) is 6.54 Å². The molecule has 1 aliphatic heterocycles. The van der Waals surface area contributed by atoms with Gasteiger partial charge in [0, 0.05) is 11.7 Å². The smallest absolute Gasteiger partial charge is 0.421 e. The molecular weight excluding hydrogens is 289 g/mol. The monoisotopic (exact) mass is 304 g/mol. The number of hydrogen-bond acceptors (Lipinski definition) is 3. The molecule has 0 bridgehead atoms. The van der Waals surface area contributed by atoms with Crippen molar-refractivity contribution >= 4 is 5.97 Å². The van der Waals surface area contributed by atoms with Crippen molar-refractivity contribution < 1.29 is 23.1 Å². The predicted octanol–water partition coefficient (Wildman–Crippen LogP) is 1.92. The summed E-state index contributed by atoms with van der Waals surface area (Å²) in [5.74, 6) is -1.03. The fourth-order valence-corrected chi connectivity index (χ4v) is 2.74. The average Bonchev–Trinajstić information content (AvgIpc) is 2.74. The Bertz CT molecular complexity index is 610. The number of carboxylic acids is 1. The Hall–Kier alpha value is -1.83. The molecular formula is C13H15F3N2O3. The SMILES string of the molecule is Cc1[nH]c(=O)c(C(F)(F)F)cc1C1CCCN1CC(=O)O. The highest BCUT2D eigenvalue weighted by atomic mass is 19.4. The van der Waals surface area contributed by atoms with Gasteiger partial charge in [0.1, 0.15) is 5.56 Å². The zero-order valence-electron chi connectivity index (χ0n) is 11.3. The summed E-state index contributed by atoms with van der Waals surface area (Å²) in [6, 6.07) is 0.429. The summed E-state index contributed by atoms with van der Waals surface area (Å²) in [6.07, 6.45) is -3.46. The molecule has 1 aliphatic rings. The standard InChI is InChI=1S/C13H15F3N2O3/c1-7-8(5-9(12(21)17-7)13(14,15)16)10-3-2-4-18(10)6-11(19)20/h5,10H,2-4,6H2,1H3,(H,17,21)(H,19,20). The molecule has 1 aromatic heterocycles. The van der Waals surface area contributed by atoms with Crippen molar-refractivity contribution in [3.05, 3.63) is 33.2 Å². The Morgan fingerprint density at radius 2 is 2.19 bits per heavy atom. The minimum absolute atomic E-state index is 0.232. The second-order valence-electron chi connectivity index (χ2n) is 5.11. The van der Waals surface area contributed by atoms with Crippen LogP contribution in [-0.4, -0.2) is 34.0 Å². The van der Waals surface area contributed by atoms with Crippen molar-refractivity contribution in [3.63, 3.8) is 0 Å². The lowest BCUT2D eigenvalue weighted by Gasteiger charge is -2.24. The first-order valence-electron chi connectivity index (χ1n) is 6.47. The van der Waals surface area contributed by atoms with Crippen molar-refractivity contribution in [1.29, 1.82) is 0 Å². The van der Waals surface area contributed by atoms with E-state index in [1.807, 2.05) is 0 Å². The lowest BCUT2D eigenvalue weighted by Crippen LogP contribution is -2.31. The second-order valence-corrected chi connectivity index (χ2v) is 5.11. The molecule has 0 radical (unpaired) electrons. The Morgan fingerprint density at radius 1 is 1.52 bits per heavy atom. The van der Waals surface area contributed by atoms with E-state index in [2.05, 4.69) is 4.98 Å². The lowest BCUT2D eigenvalue weighted by atomic mass is 10.0. The van der Waals surface area contributed by atoms with Crippen LogP contribution in [0.4, 0.5) is 13.2 Å². The summed E-state index contributed by atoms with van der Waals surface area (Å²) < 4.78 is 38.5. The summed E-state index contributed by atoms with van der Waals surface area (Å²) in [5, 5.41) is 8.86. The number of likely N-dealkylation sites (tertiary alicyclic amines) is 1. The first-order valence-corrected chi connectivity index (χ1v) is 6.47. The molecule has 1 atom stereocenters. The lowest BCUT2D eigenvalue weighted by molar-refractivity contribution is -0.140. The number of aromatic nitrogens is 1. The third-order valence-electron chi connectivity index (χ3n) is 3.64. The highest BCUT2D eigenvalue weighted by Crippen LogP contribution is 2.35. The molecule has 1 aromatic rings. The number of aromatic amines is 1. The van der Waals surface area contributed by atoms with Crippen LogP contribution in [0.3, 0.4) is 0 Å². The van der Waals surface area contributed by atoms with Crippen LogP contribution in [0, 0.1) is 6.92 Å². The van der Waals surface area contributed by atoms with Crippen LogP contribution >= 0.6 is 0 Å². The number of nitrogens with one attached hydrogen (secondary N) is 1. The maximum Gasteiger partial charge on any atom is 0.421 e. The van der Waals surface area contributed by atoms with Crippen molar-refractivity contribution in [2.45, 2.75) is 32.0 Å². The normalized spacial score (nSPS) is 19.9. The number of hydrogen-bond donors (Lipinski definition) is 2. The van der Waals surface area contributed by atoms with E-state index in [-0.39, 0.29) is 6.54 Å². The minimum Gasteiger partial charge on any atom is -0.480 e. The van der Waals surface area contributed by atoms with Crippen LogP contribution in [0.5, 0.6) is 0 Å². The molecule has 1 saturated heterocycles. The summed E-state index contributed by atoms with van der Waals surface area (Å²) in [6.45, 7) is 1.80. The fraction of sp³-hybridized carbons (Fsp3) is 0.538. The van der Waals surface area contributed by atoms with E-state index >= 15 is 0 Å². The zero-order valence-corrected chi connectivity index (χ0v) is 11.3. The summed E-state index contributed by atoms with van der Waals surface area (Å²) >= 11 is 0. The largest absolute Gasteiger partial charge is 0.480 e. The van der Waals surface area contributed by atoms with Crippen LogP contribution in [-0.2, 0) is 11.0 Å². The number of nitrogens with zero attached hydrogens (tertiary/aromatic N) is 1. The Labute approximate surface area is 118 Å². The van der Waals surface area contributed by atoms with E-state index in [9.17, 15) is 22.8 Å². The Balaban J connectivity index is 2.43. The topological polar surface area (TPSA) is 73.4 Å². The van der Waals surface area contributed by atoms with Gasteiger partial charge in [-0.15, -0.1) is 0 Å². The number of alkyl halides is 3. The molecule has 0 amide bonds. The maximum absolute atomic E-state index is 12.8. The molecule has 0 saturated carbocycles.